The molecule has 2 atom stereocenters. The van der Waals surface area contributed by atoms with E-state index in [4.69, 9.17) is 9.47 Å². The van der Waals surface area contributed by atoms with Crippen molar-refractivity contribution >= 4 is 5.96 Å². The summed E-state index contributed by atoms with van der Waals surface area (Å²) in [7, 11) is 5.16. The molecule has 1 aliphatic rings. The van der Waals surface area contributed by atoms with E-state index in [1.165, 1.54) is 0 Å². The number of ether oxygens (including phenoxy) is 2. The van der Waals surface area contributed by atoms with Crippen molar-refractivity contribution in [3.63, 3.8) is 0 Å². The third kappa shape index (κ3) is 3.50. The smallest absolute Gasteiger partial charge is 0.213 e. The summed E-state index contributed by atoms with van der Waals surface area (Å²) in [5, 5.41) is 6.74. The number of hydrogen-bond donors (Lipinski definition) is 2. The zero-order valence-electron chi connectivity index (χ0n) is 14.0. The van der Waals surface area contributed by atoms with E-state index in [2.05, 4.69) is 34.5 Å². The first-order valence-electron chi connectivity index (χ1n) is 7.51. The Morgan fingerprint density at radius 1 is 1.41 bits per heavy atom. The Bertz CT molecular complexity index is 531. The molecule has 0 spiro atoms. The summed E-state index contributed by atoms with van der Waals surface area (Å²) < 4.78 is 10.6. The van der Waals surface area contributed by atoms with Crippen LogP contribution in [-0.2, 0) is 11.3 Å². The Morgan fingerprint density at radius 3 is 2.77 bits per heavy atom. The second-order valence-corrected chi connectivity index (χ2v) is 6.08. The van der Waals surface area contributed by atoms with E-state index >= 15 is 0 Å². The summed E-state index contributed by atoms with van der Waals surface area (Å²) in [6, 6.07) is 6.06. The molecule has 0 saturated heterocycles. The Labute approximate surface area is 132 Å². The van der Waals surface area contributed by atoms with E-state index in [1.807, 2.05) is 18.2 Å². The maximum atomic E-state index is 5.48. The molecule has 0 bridgehead atoms. The number of aliphatic imine (C=N–C) groups is 1. The molecule has 6 nitrogen and oxygen atoms in total. The quantitative estimate of drug-likeness (QED) is 0.638. The van der Waals surface area contributed by atoms with Crippen LogP contribution in [-0.4, -0.2) is 44.4 Å². The van der Waals surface area contributed by atoms with Crippen LogP contribution in [0.15, 0.2) is 23.2 Å². The molecule has 6 heteroatoms. The van der Waals surface area contributed by atoms with Gasteiger partial charge in [0.05, 0.1) is 25.5 Å². The summed E-state index contributed by atoms with van der Waals surface area (Å²) in [6.07, 6.45) is 1.28. The fourth-order valence-electron chi connectivity index (χ4n) is 2.73. The van der Waals surface area contributed by atoms with Gasteiger partial charge in [-0.15, -0.1) is 0 Å². The number of guanidine groups is 1. The number of nitrogens with one attached hydrogen (secondary N) is 2. The van der Waals surface area contributed by atoms with Gasteiger partial charge in [-0.05, 0) is 12.5 Å². The number of hydrogen-bond acceptors (Lipinski definition) is 4. The van der Waals surface area contributed by atoms with Crippen LogP contribution in [0.1, 0.15) is 26.0 Å². The third-order valence-corrected chi connectivity index (χ3v) is 4.42. The van der Waals surface area contributed by atoms with Crippen molar-refractivity contribution in [2.75, 3.05) is 21.3 Å². The minimum atomic E-state index is 0.0978. The zero-order chi connectivity index (χ0) is 16.2. The zero-order valence-corrected chi connectivity index (χ0v) is 14.0. The lowest BCUT2D eigenvalue weighted by Gasteiger charge is -2.51. The highest BCUT2D eigenvalue weighted by Gasteiger charge is 2.48. The molecular formula is C16H26N4O2. The monoisotopic (exact) mass is 306 g/mol. The van der Waals surface area contributed by atoms with Crippen molar-refractivity contribution < 1.29 is 9.47 Å². The normalized spacial score (nSPS) is 23.6. The average Bonchev–Trinajstić information content (AvgIpc) is 2.53. The molecule has 22 heavy (non-hydrogen) atoms. The first-order chi connectivity index (χ1) is 10.5. The lowest BCUT2D eigenvalue weighted by molar-refractivity contribution is -0.0922. The van der Waals surface area contributed by atoms with Gasteiger partial charge in [0.15, 0.2) is 5.96 Å². The molecule has 1 heterocycles. The summed E-state index contributed by atoms with van der Waals surface area (Å²) in [4.78, 5) is 8.66. The molecule has 0 aliphatic heterocycles. The van der Waals surface area contributed by atoms with Crippen molar-refractivity contribution in [3.8, 4) is 5.88 Å². The number of methoxy groups -OCH3 is 2. The minimum Gasteiger partial charge on any atom is -0.481 e. The third-order valence-electron chi connectivity index (χ3n) is 4.42. The lowest BCUT2D eigenvalue weighted by Crippen LogP contribution is -2.63. The molecule has 1 fully saturated rings. The fraction of sp³-hybridized carbons (Fsp3) is 0.625. The van der Waals surface area contributed by atoms with Gasteiger partial charge in [0, 0.05) is 31.7 Å². The Morgan fingerprint density at radius 2 is 2.18 bits per heavy atom. The summed E-state index contributed by atoms with van der Waals surface area (Å²) in [5.74, 6) is 1.39. The number of rotatable bonds is 5. The van der Waals surface area contributed by atoms with Crippen LogP contribution in [0.4, 0.5) is 0 Å². The largest absolute Gasteiger partial charge is 0.481 e. The molecule has 0 amide bonds. The van der Waals surface area contributed by atoms with Crippen LogP contribution >= 0.6 is 0 Å². The maximum absolute atomic E-state index is 5.48. The van der Waals surface area contributed by atoms with Crippen molar-refractivity contribution in [1.29, 1.82) is 0 Å². The van der Waals surface area contributed by atoms with E-state index in [9.17, 15) is 0 Å². The van der Waals surface area contributed by atoms with Crippen molar-refractivity contribution in [2.24, 2.45) is 10.4 Å². The standard InChI is InChI=1S/C16H26N4O2/c1-16(2)12(9-13(16)21-4)20-15(17-3)18-10-11-7-6-8-14(19-11)22-5/h6-8,12-13H,9-10H2,1-5H3,(H2,17,18,20). The van der Waals surface area contributed by atoms with Crippen molar-refractivity contribution in [3.05, 3.63) is 23.9 Å². The molecule has 2 rings (SSSR count). The Balaban J connectivity index is 1.88. The first-order valence-corrected chi connectivity index (χ1v) is 7.51. The Hall–Kier alpha value is -1.82. The molecule has 2 N–H and O–H groups in total. The van der Waals surface area contributed by atoms with Crippen LogP contribution in [0, 0.1) is 5.41 Å². The summed E-state index contributed by atoms with van der Waals surface area (Å²) >= 11 is 0. The number of nitrogens with zero attached hydrogens (tertiary/aromatic N) is 2. The van der Waals surface area contributed by atoms with Gasteiger partial charge in [-0.3, -0.25) is 4.99 Å². The predicted molar refractivity (Wildman–Crippen MR) is 87.1 cm³/mol. The molecule has 1 aromatic heterocycles. The van der Waals surface area contributed by atoms with Gasteiger partial charge >= 0.3 is 0 Å². The highest BCUT2D eigenvalue weighted by atomic mass is 16.5. The topological polar surface area (TPSA) is 67.8 Å². The molecule has 0 aromatic carbocycles. The van der Waals surface area contributed by atoms with E-state index in [1.54, 1.807) is 21.3 Å². The second kappa shape index (κ2) is 6.96. The van der Waals surface area contributed by atoms with Crippen LogP contribution in [0.25, 0.3) is 0 Å². The van der Waals surface area contributed by atoms with E-state index < -0.39 is 0 Å². The SMILES string of the molecule is CN=C(NCc1cccc(OC)n1)NC1CC(OC)C1(C)C. The predicted octanol–water partition coefficient (Wildman–Crippen LogP) is 1.57. The van der Waals surface area contributed by atoms with Crippen molar-refractivity contribution in [1.82, 2.24) is 15.6 Å². The molecular weight excluding hydrogens is 280 g/mol. The highest BCUT2D eigenvalue weighted by molar-refractivity contribution is 5.80. The number of aromatic nitrogens is 1. The van der Waals surface area contributed by atoms with Gasteiger partial charge in [-0.1, -0.05) is 19.9 Å². The van der Waals surface area contributed by atoms with Gasteiger partial charge in [0.25, 0.3) is 0 Å². The highest BCUT2D eigenvalue weighted by Crippen LogP contribution is 2.42. The van der Waals surface area contributed by atoms with E-state index in [0.29, 0.717) is 24.6 Å². The summed E-state index contributed by atoms with van der Waals surface area (Å²) in [5.41, 5.74) is 1.01. The molecule has 1 aliphatic carbocycles. The molecule has 1 aromatic rings. The van der Waals surface area contributed by atoms with Crippen molar-refractivity contribution in [2.45, 2.75) is 39.0 Å². The van der Waals surface area contributed by atoms with Crippen LogP contribution in [0.5, 0.6) is 5.88 Å². The fourth-order valence-corrected chi connectivity index (χ4v) is 2.73. The number of pyridine rings is 1. The Kier molecular flexibility index (Phi) is 5.24. The average molecular weight is 306 g/mol. The van der Waals surface area contributed by atoms with Gasteiger partial charge < -0.3 is 20.1 Å². The maximum Gasteiger partial charge on any atom is 0.213 e. The lowest BCUT2D eigenvalue weighted by atomic mass is 9.64. The molecule has 122 valence electrons. The molecule has 1 saturated carbocycles. The minimum absolute atomic E-state index is 0.0978. The second-order valence-electron chi connectivity index (χ2n) is 6.08. The van der Waals surface area contributed by atoms with E-state index in [-0.39, 0.29) is 5.41 Å². The van der Waals surface area contributed by atoms with Crippen LogP contribution in [0.2, 0.25) is 0 Å². The van der Waals surface area contributed by atoms with Gasteiger partial charge in [-0.2, -0.15) is 0 Å². The van der Waals surface area contributed by atoms with Gasteiger partial charge in [-0.25, -0.2) is 4.98 Å². The molecule has 0 radical (unpaired) electrons. The van der Waals surface area contributed by atoms with Gasteiger partial charge in [0.1, 0.15) is 0 Å². The van der Waals surface area contributed by atoms with Gasteiger partial charge in [0.2, 0.25) is 5.88 Å². The first kappa shape index (κ1) is 16.5. The van der Waals surface area contributed by atoms with Crippen LogP contribution in [0.3, 0.4) is 0 Å². The summed E-state index contributed by atoms with van der Waals surface area (Å²) in [6.45, 7) is 5.01. The van der Waals surface area contributed by atoms with Crippen LogP contribution < -0.4 is 15.4 Å². The molecule has 2 unspecified atom stereocenters. The van der Waals surface area contributed by atoms with E-state index in [0.717, 1.165) is 18.1 Å².